The summed E-state index contributed by atoms with van der Waals surface area (Å²) < 4.78 is 4.27. The number of hydrogen-bond acceptors (Lipinski definition) is 8. The summed E-state index contributed by atoms with van der Waals surface area (Å²) in [5, 5.41) is 16.5. The molecular formula is C5H4N6O2S. The molecule has 0 saturated heterocycles. The van der Waals surface area contributed by atoms with E-state index in [4.69, 9.17) is 5.73 Å². The van der Waals surface area contributed by atoms with Crippen LogP contribution in [0.25, 0.3) is 0 Å². The molecule has 3 N–H and O–H groups in total. The molecule has 0 atom stereocenters. The lowest BCUT2D eigenvalue weighted by Gasteiger charge is -1.94. The third kappa shape index (κ3) is 1.52. The van der Waals surface area contributed by atoms with E-state index >= 15 is 0 Å². The normalized spacial score (nSPS) is 10.0. The van der Waals surface area contributed by atoms with E-state index in [0.717, 1.165) is 0 Å². The van der Waals surface area contributed by atoms with E-state index in [1.54, 1.807) is 0 Å². The van der Waals surface area contributed by atoms with Crippen LogP contribution >= 0.6 is 11.3 Å². The molecule has 0 saturated carbocycles. The van der Waals surface area contributed by atoms with Crippen molar-refractivity contribution in [2.24, 2.45) is 0 Å². The molecule has 0 fully saturated rings. The van der Waals surface area contributed by atoms with Gasteiger partial charge >= 0.3 is 0 Å². The minimum atomic E-state index is -0.527. The maximum atomic E-state index is 11.4. The molecule has 0 radical (unpaired) electrons. The number of amides is 1. The highest BCUT2D eigenvalue weighted by Crippen LogP contribution is 2.11. The molecule has 14 heavy (non-hydrogen) atoms. The Morgan fingerprint density at radius 1 is 1.57 bits per heavy atom. The molecule has 0 aliphatic carbocycles. The number of aromatic nitrogens is 4. The van der Waals surface area contributed by atoms with Crippen molar-refractivity contribution in [2.45, 2.75) is 0 Å². The minimum absolute atomic E-state index is 0.0629. The van der Waals surface area contributed by atoms with Gasteiger partial charge in [-0.05, 0) is 10.3 Å². The Labute approximate surface area is 81.1 Å². The Morgan fingerprint density at radius 3 is 3.00 bits per heavy atom. The fourth-order valence-electron chi connectivity index (χ4n) is 0.737. The average Bonchev–Trinajstić information content (AvgIpc) is 2.75. The van der Waals surface area contributed by atoms with Crippen LogP contribution < -0.4 is 11.1 Å². The number of nitrogens with one attached hydrogen (secondary N) is 1. The topological polar surface area (TPSA) is 120 Å². The Bertz CT molecular complexity index is 437. The molecule has 0 unspecified atom stereocenters. The zero-order valence-corrected chi connectivity index (χ0v) is 7.48. The van der Waals surface area contributed by atoms with E-state index < -0.39 is 5.91 Å². The molecule has 2 aromatic rings. The highest BCUT2D eigenvalue weighted by molar-refractivity contribution is 7.13. The van der Waals surface area contributed by atoms with Crippen LogP contribution in [0.5, 0.6) is 0 Å². The van der Waals surface area contributed by atoms with Crippen LogP contribution in [-0.4, -0.2) is 26.4 Å². The molecule has 0 aromatic carbocycles. The van der Waals surface area contributed by atoms with Gasteiger partial charge in [-0.15, -0.1) is 10.2 Å². The molecule has 1 amide bonds. The number of carbonyl (C=O) groups is 1. The van der Waals surface area contributed by atoms with Crippen molar-refractivity contribution in [3.63, 3.8) is 0 Å². The second-order valence-electron chi connectivity index (χ2n) is 2.20. The van der Waals surface area contributed by atoms with Gasteiger partial charge < -0.3 is 5.73 Å². The monoisotopic (exact) mass is 212 g/mol. The molecule has 0 aliphatic heterocycles. The van der Waals surface area contributed by atoms with Crippen LogP contribution in [0.2, 0.25) is 0 Å². The second kappa shape index (κ2) is 3.38. The standard InChI is InChI=1S/C5H4N6O2S/c6-3-2(10-13-11-3)4(12)8-5-9-7-1-14-5/h1H,(H2,6,11)(H,8,9,12). The van der Waals surface area contributed by atoms with Gasteiger partial charge in [0.1, 0.15) is 5.51 Å². The Balaban J connectivity index is 2.14. The summed E-state index contributed by atoms with van der Waals surface area (Å²) in [5.41, 5.74) is 6.73. The average molecular weight is 212 g/mol. The van der Waals surface area contributed by atoms with Crippen molar-refractivity contribution >= 4 is 28.2 Å². The van der Waals surface area contributed by atoms with E-state index in [2.05, 4.69) is 30.5 Å². The van der Waals surface area contributed by atoms with Gasteiger partial charge in [-0.1, -0.05) is 11.3 Å². The molecule has 2 aromatic heterocycles. The first-order valence-corrected chi connectivity index (χ1v) is 4.31. The SMILES string of the molecule is Nc1nonc1C(=O)Nc1nncs1. The van der Waals surface area contributed by atoms with E-state index in [0.29, 0.717) is 5.13 Å². The Hall–Kier alpha value is -2.03. The third-order valence-corrected chi connectivity index (χ3v) is 1.92. The van der Waals surface area contributed by atoms with Gasteiger partial charge in [0, 0.05) is 0 Å². The largest absolute Gasteiger partial charge is 0.379 e. The summed E-state index contributed by atoms with van der Waals surface area (Å²) in [6, 6.07) is 0. The fourth-order valence-corrected chi connectivity index (χ4v) is 1.18. The number of hydrogen-bond donors (Lipinski definition) is 2. The third-order valence-electron chi connectivity index (χ3n) is 1.31. The van der Waals surface area contributed by atoms with Crippen molar-refractivity contribution < 1.29 is 9.42 Å². The van der Waals surface area contributed by atoms with Crippen LogP contribution in [-0.2, 0) is 0 Å². The van der Waals surface area contributed by atoms with Crippen LogP contribution in [0.1, 0.15) is 10.5 Å². The van der Waals surface area contributed by atoms with E-state index in [1.165, 1.54) is 16.8 Å². The Kier molecular flexibility index (Phi) is 2.07. The molecule has 72 valence electrons. The lowest BCUT2D eigenvalue weighted by Crippen LogP contribution is -2.14. The lowest BCUT2D eigenvalue weighted by molar-refractivity contribution is 0.101. The molecular weight excluding hydrogens is 208 g/mol. The zero-order chi connectivity index (χ0) is 9.97. The minimum Gasteiger partial charge on any atom is -0.379 e. The number of anilines is 2. The summed E-state index contributed by atoms with van der Waals surface area (Å²) in [7, 11) is 0. The molecule has 8 nitrogen and oxygen atoms in total. The number of nitrogen functional groups attached to an aromatic ring is 1. The van der Waals surface area contributed by atoms with Crippen molar-refractivity contribution in [3.8, 4) is 0 Å². The summed E-state index contributed by atoms with van der Waals surface area (Å²) in [4.78, 5) is 11.4. The zero-order valence-electron chi connectivity index (χ0n) is 6.67. The predicted molar refractivity (Wildman–Crippen MR) is 46.6 cm³/mol. The van der Waals surface area contributed by atoms with Crippen LogP contribution in [0.3, 0.4) is 0 Å². The first-order valence-electron chi connectivity index (χ1n) is 3.43. The summed E-state index contributed by atoms with van der Waals surface area (Å²) in [5.74, 6) is -0.590. The molecule has 0 spiro atoms. The molecule has 0 bridgehead atoms. The maximum absolute atomic E-state index is 11.4. The van der Waals surface area contributed by atoms with E-state index in [9.17, 15) is 4.79 Å². The van der Waals surface area contributed by atoms with Crippen molar-refractivity contribution in [1.29, 1.82) is 0 Å². The molecule has 2 heterocycles. The van der Waals surface area contributed by atoms with Crippen molar-refractivity contribution in [1.82, 2.24) is 20.5 Å². The number of rotatable bonds is 2. The lowest BCUT2D eigenvalue weighted by atomic mass is 10.4. The van der Waals surface area contributed by atoms with Gasteiger partial charge in [0.25, 0.3) is 5.91 Å². The molecule has 9 heteroatoms. The quantitative estimate of drug-likeness (QED) is 0.704. The van der Waals surface area contributed by atoms with Gasteiger partial charge in [0.2, 0.25) is 16.6 Å². The van der Waals surface area contributed by atoms with Gasteiger partial charge in [-0.25, -0.2) is 4.63 Å². The molecule has 0 aliphatic rings. The summed E-state index contributed by atoms with van der Waals surface area (Å²) >= 11 is 1.18. The highest BCUT2D eigenvalue weighted by Gasteiger charge is 2.16. The maximum Gasteiger partial charge on any atom is 0.283 e. The summed E-state index contributed by atoms with van der Waals surface area (Å²) in [6.07, 6.45) is 0. The van der Waals surface area contributed by atoms with E-state index in [1.807, 2.05) is 0 Å². The first-order chi connectivity index (χ1) is 6.77. The molecule has 2 rings (SSSR count). The van der Waals surface area contributed by atoms with E-state index in [-0.39, 0.29) is 11.5 Å². The van der Waals surface area contributed by atoms with Gasteiger partial charge in [0.05, 0.1) is 0 Å². The predicted octanol–water partition coefficient (Wildman–Crippen LogP) is -0.244. The Morgan fingerprint density at radius 2 is 2.43 bits per heavy atom. The van der Waals surface area contributed by atoms with Crippen molar-refractivity contribution in [2.75, 3.05) is 11.1 Å². The van der Waals surface area contributed by atoms with Gasteiger partial charge in [-0.3, -0.25) is 10.1 Å². The summed E-state index contributed by atoms with van der Waals surface area (Å²) in [6.45, 7) is 0. The highest BCUT2D eigenvalue weighted by atomic mass is 32.1. The smallest absolute Gasteiger partial charge is 0.283 e. The second-order valence-corrected chi connectivity index (χ2v) is 3.03. The first kappa shape index (κ1) is 8.56. The van der Waals surface area contributed by atoms with Gasteiger partial charge in [0.15, 0.2) is 0 Å². The number of nitrogens with two attached hydrogens (primary N) is 1. The van der Waals surface area contributed by atoms with Gasteiger partial charge in [-0.2, -0.15) is 0 Å². The van der Waals surface area contributed by atoms with Crippen molar-refractivity contribution in [3.05, 3.63) is 11.2 Å². The number of carbonyl (C=O) groups excluding carboxylic acids is 1. The van der Waals surface area contributed by atoms with Crippen LogP contribution in [0, 0.1) is 0 Å². The van der Waals surface area contributed by atoms with Crippen LogP contribution in [0.15, 0.2) is 10.1 Å². The number of nitrogens with zero attached hydrogens (tertiary/aromatic N) is 4. The fraction of sp³-hybridized carbons (Fsp3) is 0. The van der Waals surface area contributed by atoms with Crippen LogP contribution in [0.4, 0.5) is 10.9 Å².